The van der Waals surface area contributed by atoms with E-state index in [1.54, 1.807) is 0 Å². The number of carbonyl (C=O) groups excluding carboxylic acids is 1. The van der Waals surface area contributed by atoms with Gasteiger partial charge < -0.3 is 4.74 Å². The molecule has 0 amide bonds. The third-order valence-electron chi connectivity index (χ3n) is 0.874. The van der Waals surface area contributed by atoms with Gasteiger partial charge in [0.25, 0.3) is 0 Å². The maximum absolute atomic E-state index is 10.9. The van der Waals surface area contributed by atoms with Gasteiger partial charge in [-0.25, -0.2) is 0 Å². The summed E-state index contributed by atoms with van der Waals surface area (Å²) >= 11 is 0. The standard InChI is InChI=1S/C9H13O2/c1-5-6-7-8(10)11-9(2,3)4/h6-7H2,2-4H3. The Labute approximate surface area is 67.9 Å². The van der Waals surface area contributed by atoms with Gasteiger partial charge in [-0.1, -0.05) is 5.92 Å². The van der Waals surface area contributed by atoms with Crippen LogP contribution in [0.1, 0.15) is 33.6 Å². The Morgan fingerprint density at radius 1 is 1.55 bits per heavy atom. The van der Waals surface area contributed by atoms with Crippen LogP contribution in [0.15, 0.2) is 0 Å². The molecule has 0 spiro atoms. The van der Waals surface area contributed by atoms with Gasteiger partial charge in [0.2, 0.25) is 0 Å². The van der Waals surface area contributed by atoms with E-state index in [4.69, 9.17) is 11.2 Å². The fourth-order valence-corrected chi connectivity index (χ4v) is 0.557. The van der Waals surface area contributed by atoms with E-state index >= 15 is 0 Å². The van der Waals surface area contributed by atoms with Gasteiger partial charge in [0.15, 0.2) is 0 Å². The van der Waals surface area contributed by atoms with Crippen molar-refractivity contribution < 1.29 is 9.53 Å². The summed E-state index contributed by atoms with van der Waals surface area (Å²) in [6.07, 6.45) is 7.16. The molecule has 0 aliphatic carbocycles. The molecule has 0 aliphatic heterocycles. The van der Waals surface area contributed by atoms with Crippen molar-refractivity contribution in [3.8, 4) is 5.92 Å². The second-order valence-electron chi connectivity index (χ2n) is 3.26. The van der Waals surface area contributed by atoms with Crippen LogP contribution in [0.5, 0.6) is 0 Å². The van der Waals surface area contributed by atoms with Gasteiger partial charge in [-0.3, -0.25) is 4.79 Å². The van der Waals surface area contributed by atoms with Crippen LogP contribution in [-0.2, 0) is 9.53 Å². The molecule has 0 bridgehead atoms. The van der Waals surface area contributed by atoms with E-state index in [0.717, 1.165) is 0 Å². The first-order valence-electron chi connectivity index (χ1n) is 3.57. The fraction of sp³-hybridized carbons (Fsp3) is 0.667. The summed E-state index contributed by atoms with van der Waals surface area (Å²) in [5.74, 6) is 1.87. The van der Waals surface area contributed by atoms with Crippen molar-refractivity contribution >= 4 is 5.97 Å². The highest BCUT2D eigenvalue weighted by atomic mass is 16.6. The van der Waals surface area contributed by atoms with Crippen molar-refractivity contribution in [1.29, 1.82) is 0 Å². The Hall–Kier alpha value is -0.970. The van der Waals surface area contributed by atoms with Crippen molar-refractivity contribution in [1.82, 2.24) is 0 Å². The molecular formula is C9H13O2. The predicted molar refractivity (Wildman–Crippen MR) is 42.2 cm³/mol. The summed E-state index contributed by atoms with van der Waals surface area (Å²) in [6.45, 7) is 5.46. The second kappa shape index (κ2) is 4.02. The number of carbonyl (C=O) groups is 1. The lowest BCUT2D eigenvalue weighted by molar-refractivity contribution is -0.154. The third-order valence-corrected chi connectivity index (χ3v) is 0.874. The molecule has 0 unspecified atom stereocenters. The summed E-state index contributed by atoms with van der Waals surface area (Å²) in [5.41, 5.74) is -0.418. The predicted octanol–water partition coefficient (Wildman–Crippen LogP) is 1.70. The molecule has 0 rings (SSSR count). The van der Waals surface area contributed by atoms with Gasteiger partial charge in [0.1, 0.15) is 5.60 Å². The monoisotopic (exact) mass is 153 g/mol. The quantitative estimate of drug-likeness (QED) is 0.446. The number of esters is 1. The molecule has 0 aromatic heterocycles. The van der Waals surface area contributed by atoms with Crippen LogP contribution in [0.25, 0.3) is 0 Å². The molecule has 0 fully saturated rings. The number of hydrogen-bond acceptors (Lipinski definition) is 2. The second-order valence-corrected chi connectivity index (χ2v) is 3.26. The van der Waals surface area contributed by atoms with Crippen molar-refractivity contribution in [3.63, 3.8) is 0 Å². The van der Waals surface area contributed by atoms with Crippen molar-refractivity contribution in [2.24, 2.45) is 0 Å². The molecule has 0 aromatic rings. The highest BCUT2D eigenvalue weighted by molar-refractivity contribution is 5.70. The normalized spacial score (nSPS) is 10.4. The van der Waals surface area contributed by atoms with Gasteiger partial charge in [-0.15, -0.1) is 0 Å². The lowest BCUT2D eigenvalue weighted by atomic mass is 10.2. The van der Waals surface area contributed by atoms with Crippen LogP contribution < -0.4 is 0 Å². The lowest BCUT2D eigenvalue weighted by Crippen LogP contribution is -2.23. The van der Waals surface area contributed by atoms with Crippen molar-refractivity contribution in [3.05, 3.63) is 6.42 Å². The fourth-order valence-electron chi connectivity index (χ4n) is 0.557. The van der Waals surface area contributed by atoms with Crippen LogP contribution in [0, 0.1) is 12.3 Å². The molecule has 61 valence electrons. The summed E-state index contributed by atoms with van der Waals surface area (Å²) < 4.78 is 4.98. The molecule has 0 saturated carbocycles. The van der Waals surface area contributed by atoms with Gasteiger partial charge in [0, 0.05) is 6.42 Å². The van der Waals surface area contributed by atoms with Crippen LogP contribution >= 0.6 is 0 Å². The zero-order valence-corrected chi connectivity index (χ0v) is 7.23. The molecule has 0 aromatic carbocycles. The summed E-state index contributed by atoms with van der Waals surface area (Å²) in [7, 11) is 0. The highest BCUT2D eigenvalue weighted by Gasteiger charge is 2.14. The lowest BCUT2D eigenvalue weighted by Gasteiger charge is -2.18. The molecule has 1 radical (unpaired) electrons. The molecule has 2 heteroatoms. The Bertz CT molecular complexity index is 169. The van der Waals surface area contributed by atoms with Crippen molar-refractivity contribution in [2.45, 2.75) is 39.2 Å². The Balaban J connectivity index is 3.64. The molecule has 0 atom stereocenters. The molecule has 0 aliphatic rings. The Kier molecular flexibility index (Phi) is 3.67. The molecule has 2 nitrogen and oxygen atoms in total. The van der Waals surface area contributed by atoms with Crippen LogP contribution in [0.3, 0.4) is 0 Å². The molecular weight excluding hydrogens is 140 g/mol. The Morgan fingerprint density at radius 2 is 2.09 bits per heavy atom. The van der Waals surface area contributed by atoms with E-state index in [0.29, 0.717) is 6.42 Å². The Morgan fingerprint density at radius 3 is 2.45 bits per heavy atom. The largest absolute Gasteiger partial charge is 0.460 e. The smallest absolute Gasteiger partial charge is 0.307 e. The zero-order chi connectivity index (χ0) is 8.91. The first-order chi connectivity index (χ1) is 4.95. The number of rotatable bonds is 2. The van der Waals surface area contributed by atoms with E-state index in [1.807, 2.05) is 20.8 Å². The minimum absolute atomic E-state index is 0.251. The maximum atomic E-state index is 10.9. The van der Waals surface area contributed by atoms with E-state index in [2.05, 4.69) is 5.92 Å². The average Bonchev–Trinajstić information content (AvgIpc) is 1.79. The first kappa shape index (κ1) is 10.0. The van der Waals surface area contributed by atoms with Gasteiger partial charge in [-0.05, 0) is 27.2 Å². The topological polar surface area (TPSA) is 26.3 Å². The minimum atomic E-state index is -0.418. The average molecular weight is 153 g/mol. The van der Waals surface area contributed by atoms with E-state index in [9.17, 15) is 4.79 Å². The first-order valence-corrected chi connectivity index (χ1v) is 3.57. The van der Waals surface area contributed by atoms with Crippen LogP contribution in [-0.4, -0.2) is 11.6 Å². The van der Waals surface area contributed by atoms with Crippen molar-refractivity contribution in [2.75, 3.05) is 0 Å². The highest BCUT2D eigenvalue weighted by Crippen LogP contribution is 2.08. The molecule has 11 heavy (non-hydrogen) atoms. The molecule has 0 saturated heterocycles. The third kappa shape index (κ3) is 6.92. The van der Waals surface area contributed by atoms with Gasteiger partial charge in [0.05, 0.1) is 6.42 Å². The van der Waals surface area contributed by atoms with E-state index < -0.39 is 5.60 Å². The summed E-state index contributed by atoms with van der Waals surface area (Å²) in [6, 6.07) is 0. The summed E-state index contributed by atoms with van der Waals surface area (Å²) in [5, 5.41) is 0. The van der Waals surface area contributed by atoms with Crippen LogP contribution in [0.2, 0.25) is 0 Å². The van der Waals surface area contributed by atoms with E-state index in [-0.39, 0.29) is 12.4 Å². The summed E-state index contributed by atoms with van der Waals surface area (Å²) in [4.78, 5) is 10.9. The minimum Gasteiger partial charge on any atom is -0.460 e. The maximum Gasteiger partial charge on any atom is 0.307 e. The molecule has 0 heterocycles. The zero-order valence-electron chi connectivity index (χ0n) is 7.23. The van der Waals surface area contributed by atoms with Crippen LogP contribution in [0.4, 0.5) is 0 Å². The van der Waals surface area contributed by atoms with Gasteiger partial charge >= 0.3 is 5.97 Å². The number of hydrogen-bond donors (Lipinski definition) is 0. The SMILES string of the molecule is [C]#CCCC(=O)OC(C)(C)C. The number of ether oxygens (including phenoxy) is 1. The molecule has 0 N–H and O–H groups in total. The van der Waals surface area contributed by atoms with Gasteiger partial charge in [-0.2, -0.15) is 0 Å². The van der Waals surface area contributed by atoms with E-state index in [1.165, 1.54) is 0 Å².